The Balaban J connectivity index is 1.64. The van der Waals surface area contributed by atoms with Crippen LogP contribution in [0.15, 0.2) is 47.6 Å². The van der Waals surface area contributed by atoms with E-state index in [-0.39, 0.29) is 0 Å². The van der Waals surface area contributed by atoms with Gasteiger partial charge in [-0.05, 0) is 37.5 Å². The molecule has 2 unspecified atom stereocenters. The molecule has 2 N–H and O–H groups in total. The van der Waals surface area contributed by atoms with Crippen LogP contribution in [0.2, 0.25) is 0 Å². The summed E-state index contributed by atoms with van der Waals surface area (Å²) in [7, 11) is 0. The van der Waals surface area contributed by atoms with Crippen LogP contribution < -0.4 is 10.6 Å². The molecule has 0 amide bonds. The Morgan fingerprint density at radius 3 is 2.77 bits per heavy atom. The molecule has 1 aliphatic rings. The molecule has 0 spiro atoms. The zero-order valence-corrected chi connectivity index (χ0v) is 13.2. The zero-order valence-electron chi connectivity index (χ0n) is 13.2. The molecule has 2 atom stereocenters. The number of hydrogen-bond donors (Lipinski definition) is 2. The van der Waals surface area contributed by atoms with E-state index in [1.54, 1.807) is 0 Å². The molecule has 22 heavy (non-hydrogen) atoms. The highest BCUT2D eigenvalue weighted by Crippen LogP contribution is 2.28. The summed E-state index contributed by atoms with van der Waals surface area (Å²) in [5.41, 5.74) is 2.03. The lowest BCUT2D eigenvalue weighted by molar-refractivity contribution is 0.761. The predicted molar refractivity (Wildman–Crippen MR) is 89.1 cm³/mol. The van der Waals surface area contributed by atoms with Crippen molar-refractivity contribution in [1.29, 1.82) is 0 Å². The zero-order chi connectivity index (χ0) is 15.4. The van der Waals surface area contributed by atoms with Crippen LogP contribution in [-0.2, 0) is 6.54 Å². The molecule has 5 heteroatoms. The first-order valence-electron chi connectivity index (χ1n) is 7.91. The third-order valence-electron chi connectivity index (χ3n) is 3.84. The van der Waals surface area contributed by atoms with Crippen molar-refractivity contribution < 1.29 is 0 Å². The van der Waals surface area contributed by atoms with Gasteiger partial charge in [-0.3, -0.25) is 0 Å². The van der Waals surface area contributed by atoms with Crippen LogP contribution >= 0.6 is 0 Å². The minimum atomic E-state index is 0.569. The van der Waals surface area contributed by atoms with Gasteiger partial charge in [0.05, 0.1) is 17.9 Å². The average Bonchev–Trinajstić information content (AvgIpc) is 3.03. The Morgan fingerprint density at radius 2 is 2.09 bits per heavy atom. The van der Waals surface area contributed by atoms with E-state index in [0.717, 1.165) is 29.8 Å². The van der Waals surface area contributed by atoms with Crippen LogP contribution in [0.5, 0.6) is 0 Å². The molecule has 3 rings (SSSR count). The van der Waals surface area contributed by atoms with Gasteiger partial charge in [0.15, 0.2) is 5.96 Å². The fourth-order valence-corrected chi connectivity index (χ4v) is 2.35. The number of guanidine groups is 1. The summed E-state index contributed by atoms with van der Waals surface area (Å²) < 4.78 is 1.88. The largest absolute Gasteiger partial charge is 0.357 e. The molecule has 0 radical (unpaired) electrons. The van der Waals surface area contributed by atoms with E-state index in [1.807, 2.05) is 47.3 Å². The van der Waals surface area contributed by atoms with Crippen LogP contribution in [0.4, 0.5) is 0 Å². The van der Waals surface area contributed by atoms with Crippen molar-refractivity contribution >= 4 is 5.96 Å². The number of para-hydroxylation sites is 1. The van der Waals surface area contributed by atoms with Crippen molar-refractivity contribution in [2.75, 3.05) is 6.54 Å². The van der Waals surface area contributed by atoms with Crippen molar-refractivity contribution in [3.8, 4) is 5.69 Å². The van der Waals surface area contributed by atoms with Gasteiger partial charge in [-0.1, -0.05) is 25.1 Å². The first kappa shape index (κ1) is 14.6. The molecule has 0 saturated heterocycles. The molecule has 2 aromatic rings. The first-order valence-corrected chi connectivity index (χ1v) is 7.91. The molecule has 0 aliphatic heterocycles. The smallest absolute Gasteiger partial charge is 0.191 e. The lowest BCUT2D eigenvalue weighted by Crippen LogP contribution is -2.39. The van der Waals surface area contributed by atoms with Gasteiger partial charge in [0.1, 0.15) is 0 Å². The number of aromatic nitrogens is 2. The van der Waals surface area contributed by atoms with Gasteiger partial charge in [-0.25, -0.2) is 9.67 Å². The number of benzene rings is 1. The second-order valence-corrected chi connectivity index (χ2v) is 5.75. The van der Waals surface area contributed by atoms with Crippen molar-refractivity contribution in [2.24, 2.45) is 10.9 Å². The fourth-order valence-electron chi connectivity index (χ4n) is 2.35. The van der Waals surface area contributed by atoms with Crippen molar-refractivity contribution in [2.45, 2.75) is 32.9 Å². The quantitative estimate of drug-likeness (QED) is 0.658. The molecule has 1 heterocycles. The second-order valence-electron chi connectivity index (χ2n) is 5.75. The van der Waals surface area contributed by atoms with E-state index >= 15 is 0 Å². The minimum absolute atomic E-state index is 0.569. The van der Waals surface area contributed by atoms with Crippen molar-refractivity contribution in [3.63, 3.8) is 0 Å². The molecule has 5 nitrogen and oxygen atoms in total. The SMILES string of the molecule is CCNC(=NCc1ccn(-c2ccccc2)n1)NC1CC1C. The number of nitrogens with zero attached hydrogens (tertiary/aromatic N) is 3. The van der Waals surface area contributed by atoms with E-state index in [1.165, 1.54) is 6.42 Å². The van der Waals surface area contributed by atoms with Gasteiger partial charge in [-0.15, -0.1) is 0 Å². The topological polar surface area (TPSA) is 54.2 Å². The van der Waals surface area contributed by atoms with Crippen LogP contribution in [0.25, 0.3) is 5.69 Å². The summed E-state index contributed by atoms with van der Waals surface area (Å²) in [4.78, 5) is 4.62. The third kappa shape index (κ3) is 3.67. The van der Waals surface area contributed by atoms with Crippen LogP contribution in [-0.4, -0.2) is 28.3 Å². The lowest BCUT2D eigenvalue weighted by Gasteiger charge is -2.10. The van der Waals surface area contributed by atoms with Crippen LogP contribution in [0.1, 0.15) is 26.0 Å². The molecule has 116 valence electrons. The van der Waals surface area contributed by atoms with Gasteiger partial charge in [0.25, 0.3) is 0 Å². The molecule has 1 fully saturated rings. The summed E-state index contributed by atoms with van der Waals surface area (Å²) in [6.45, 7) is 5.78. The van der Waals surface area contributed by atoms with Gasteiger partial charge < -0.3 is 10.6 Å². The highest BCUT2D eigenvalue weighted by molar-refractivity contribution is 5.80. The van der Waals surface area contributed by atoms with Gasteiger partial charge >= 0.3 is 0 Å². The molecule has 0 bridgehead atoms. The Hall–Kier alpha value is -2.30. The highest BCUT2D eigenvalue weighted by Gasteiger charge is 2.33. The number of nitrogens with one attached hydrogen (secondary N) is 2. The summed E-state index contributed by atoms with van der Waals surface area (Å²) >= 11 is 0. The maximum absolute atomic E-state index is 4.62. The average molecular weight is 297 g/mol. The van der Waals surface area contributed by atoms with E-state index in [2.05, 4.69) is 34.6 Å². The maximum Gasteiger partial charge on any atom is 0.191 e. The normalized spacial score (nSPS) is 20.7. The van der Waals surface area contributed by atoms with E-state index in [0.29, 0.717) is 12.6 Å². The maximum atomic E-state index is 4.62. The van der Waals surface area contributed by atoms with E-state index < -0.39 is 0 Å². The van der Waals surface area contributed by atoms with Gasteiger partial charge in [-0.2, -0.15) is 5.10 Å². The first-order chi connectivity index (χ1) is 10.8. The van der Waals surface area contributed by atoms with E-state index in [9.17, 15) is 0 Å². The number of rotatable bonds is 5. The molecule has 1 aromatic heterocycles. The monoisotopic (exact) mass is 297 g/mol. The van der Waals surface area contributed by atoms with Crippen molar-refractivity contribution in [3.05, 3.63) is 48.3 Å². The van der Waals surface area contributed by atoms with E-state index in [4.69, 9.17) is 0 Å². The molecule has 1 saturated carbocycles. The Morgan fingerprint density at radius 1 is 1.32 bits per heavy atom. The summed E-state index contributed by atoms with van der Waals surface area (Å²) in [5.74, 6) is 1.63. The predicted octanol–water partition coefficient (Wildman–Crippen LogP) is 2.34. The Bertz CT molecular complexity index is 632. The fraction of sp³-hybridized carbons (Fsp3) is 0.412. The lowest BCUT2D eigenvalue weighted by atomic mass is 10.3. The highest BCUT2D eigenvalue weighted by atomic mass is 15.3. The molecular formula is C17H23N5. The Kier molecular flexibility index (Phi) is 4.42. The number of aliphatic imine (C=N–C) groups is 1. The minimum Gasteiger partial charge on any atom is -0.357 e. The second kappa shape index (κ2) is 6.64. The summed E-state index contributed by atoms with van der Waals surface area (Å²) in [6, 6.07) is 12.7. The number of hydrogen-bond acceptors (Lipinski definition) is 2. The molecule has 1 aliphatic carbocycles. The summed E-state index contributed by atoms with van der Waals surface area (Å²) in [5, 5.41) is 11.3. The summed E-state index contributed by atoms with van der Waals surface area (Å²) in [6.07, 6.45) is 3.20. The van der Waals surface area contributed by atoms with Crippen molar-refractivity contribution in [1.82, 2.24) is 20.4 Å². The van der Waals surface area contributed by atoms with Gasteiger partial charge in [0, 0.05) is 18.8 Å². The third-order valence-corrected chi connectivity index (χ3v) is 3.84. The molecule has 1 aromatic carbocycles. The molecular weight excluding hydrogens is 274 g/mol. The standard InChI is InChI=1S/C17H23N5/c1-3-18-17(20-16-11-13(16)2)19-12-14-9-10-22(21-14)15-7-5-4-6-8-15/h4-10,13,16H,3,11-12H2,1-2H3,(H2,18,19,20). The van der Waals surface area contributed by atoms with Crippen LogP contribution in [0.3, 0.4) is 0 Å². The van der Waals surface area contributed by atoms with Crippen LogP contribution in [0, 0.1) is 5.92 Å². The van der Waals surface area contributed by atoms with Gasteiger partial charge in [0.2, 0.25) is 0 Å². The Labute approximate surface area is 131 Å².